The number of benzene rings is 2. The first-order chi connectivity index (χ1) is 16.9. The van der Waals surface area contributed by atoms with Crippen LogP contribution < -0.4 is 15.4 Å². The second-order valence-corrected chi connectivity index (χ2v) is 10.4. The lowest BCUT2D eigenvalue weighted by Crippen LogP contribution is -2.53. The van der Waals surface area contributed by atoms with Gasteiger partial charge in [-0.25, -0.2) is 8.42 Å². The van der Waals surface area contributed by atoms with E-state index in [1.54, 1.807) is 24.3 Å². The number of nitrogens with zero attached hydrogens (tertiary/aromatic N) is 1. The van der Waals surface area contributed by atoms with Crippen molar-refractivity contribution in [1.29, 1.82) is 0 Å². The zero-order valence-electron chi connectivity index (χ0n) is 19.8. The third-order valence-electron chi connectivity index (χ3n) is 5.88. The van der Waals surface area contributed by atoms with Crippen LogP contribution in [0.5, 0.6) is 5.75 Å². The molecule has 0 unspecified atom stereocenters. The Hall–Kier alpha value is -3.12. The maximum atomic E-state index is 13.3. The number of sulfonamides is 1. The van der Waals surface area contributed by atoms with Gasteiger partial charge < -0.3 is 15.4 Å². The molecule has 1 fully saturated rings. The van der Waals surface area contributed by atoms with Gasteiger partial charge in [-0.15, -0.1) is 0 Å². The van der Waals surface area contributed by atoms with Gasteiger partial charge in [-0.3, -0.25) is 9.59 Å². The highest BCUT2D eigenvalue weighted by Gasteiger charge is 2.39. The number of nitrogens with one attached hydrogen (secondary N) is 2. The molecule has 0 bridgehead atoms. The van der Waals surface area contributed by atoms with Gasteiger partial charge in [0.15, 0.2) is 0 Å². The Morgan fingerprint density at radius 2 is 1.78 bits per heavy atom. The van der Waals surface area contributed by atoms with Gasteiger partial charge in [0.2, 0.25) is 21.8 Å². The molecule has 0 spiro atoms. The van der Waals surface area contributed by atoms with E-state index in [1.165, 1.54) is 20.1 Å². The largest absolute Gasteiger partial charge is 0.497 e. The Morgan fingerprint density at radius 3 is 2.39 bits per heavy atom. The number of piperidine rings is 1. The van der Waals surface area contributed by atoms with E-state index in [0.717, 1.165) is 28.1 Å². The fraction of sp³-hybridized carbons (Fsp3) is 0.417. The maximum Gasteiger partial charge on any atom is 0.417 e. The number of hydrogen-bond acceptors (Lipinski definition) is 5. The van der Waals surface area contributed by atoms with Gasteiger partial charge in [0, 0.05) is 32.5 Å². The third-order valence-corrected chi connectivity index (χ3v) is 7.84. The van der Waals surface area contributed by atoms with Gasteiger partial charge in [-0.2, -0.15) is 17.5 Å². The number of halogens is 3. The molecule has 196 valence electrons. The molecule has 1 heterocycles. The number of carbonyl (C=O) groups excluding carboxylic acids is 2. The summed E-state index contributed by atoms with van der Waals surface area (Å²) in [4.78, 5) is 23.8. The molecule has 2 N–H and O–H groups in total. The number of methoxy groups -OCH3 is 1. The quantitative estimate of drug-likeness (QED) is 0.550. The molecule has 1 aliphatic rings. The summed E-state index contributed by atoms with van der Waals surface area (Å²) in [5, 5.41) is 5.46. The van der Waals surface area contributed by atoms with Gasteiger partial charge in [0.25, 0.3) is 0 Å². The lowest BCUT2D eigenvalue weighted by Gasteiger charge is -2.33. The van der Waals surface area contributed by atoms with Gasteiger partial charge in [-0.1, -0.05) is 24.3 Å². The van der Waals surface area contributed by atoms with E-state index < -0.39 is 44.6 Å². The Morgan fingerprint density at radius 1 is 1.11 bits per heavy atom. The minimum atomic E-state index is -4.81. The molecule has 8 nitrogen and oxygen atoms in total. The smallest absolute Gasteiger partial charge is 0.417 e. The van der Waals surface area contributed by atoms with E-state index in [2.05, 4.69) is 10.6 Å². The molecular formula is C24H28F3N3O5S. The number of hydrogen-bond donors (Lipinski definition) is 2. The van der Waals surface area contributed by atoms with Crippen LogP contribution in [0.15, 0.2) is 53.4 Å². The van der Waals surface area contributed by atoms with Gasteiger partial charge >= 0.3 is 6.18 Å². The monoisotopic (exact) mass is 527 g/mol. The fourth-order valence-corrected chi connectivity index (χ4v) is 5.78. The zero-order chi connectivity index (χ0) is 26.5. The van der Waals surface area contributed by atoms with Crippen LogP contribution in [-0.4, -0.2) is 56.8 Å². The van der Waals surface area contributed by atoms with Gasteiger partial charge in [-0.05, 0) is 42.7 Å². The van der Waals surface area contributed by atoms with Crippen molar-refractivity contribution in [2.75, 3.05) is 20.2 Å². The number of alkyl halides is 3. The number of carbonyl (C=O) groups is 2. The minimum Gasteiger partial charge on any atom is -0.497 e. The van der Waals surface area contributed by atoms with E-state index >= 15 is 0 Å². The first-order valence-electron chi connectivity index (χ1n) is 11.3. The molecule has 0 aromatic heterocycles. The Bertz CT molecular complexity index is 1200. The summed E-state index contributed by atoms with van der Waals surface area (Å²) in [6.45, 7) is 1.19. The molecule has 2 aromatic carbocycles. The van der Waals surface area contributed by atoms with Crippen LogP contribution in [0.3, 0.4) is 0 Å². The average Bonchev–Trinajstić information content (AvgIpc) is 2.83. The van der Waals surface area contributed by atoms with Crippen molar-refractivity contribution in [3.8, 4) is 5.75 Å². The molecule has 0 aliphatic carbocycles. The van der Waals surface area contributed by atoms with Crippen molar-refractivity contribution >= 4 is 21.8 Å². The van der Waals surface area contributed by atoms with Crippen LogP contribution in [0.4, 0.5) is 13.2 Å². The third kappa shape index (κ3) is 6.76. The van der Waals surface area contributed by atoms with Crippen LogP contribution >= 0.6 is 0 Å². The summed E-state index contributed by atoms with van der Waals surface area (Å²) in [7, 11) is -2.86. The number of rotatable bonds is 8. The van der Waals surface area contributed by atoms with Crippen molar-refractivity contribution in [3.05, 3.63) is 59.7 Å². The summed E-state index contributed by atoms with van der Waals surface area (Å²) < 4.78 is 72.1. The van der Waals surface area contributed by atoms with Crippen molar-refractivity contribution < 1.29 is 35.9 Å². The molecule has 0 saturated carbocycles. The average molecular weight is 528 g/mol. The normalized spacial score (nSPS) is 16.2. The highest BCUT2D eigenvalue weighted by atomic mass is 32.2. The van der Waals surface area contributed by atoms with E-state index in [0.29, 0.717) is 5.75 Å². The van der Waals surface area contributed by atoms with Crippen LogP contribution in [0.25, 0.3) is 0 Å². The number of amides is 2. The molecule has 1 saturated heterocycles. The predicted octanol–water partition coefficient (Wildman–Crippen LogP) is 2.73. The van der Waals surface area contributed by atoms with Crippen molar-refractivity contribution in [2.24, 2.45) is 0 Å². The lowest BCUT2D eigenvalue weighted by atomic mass is 10.0. The van der Waals surface area contributed by atoms with Crippen LogP contribution in [0.1, 0.15) is 30.9 Å². The maximum absolute atomic E-state index is 13.3. The lowest BCUT2D eigenvalue weighted by molar-refractivity contribution is -0.140. The Balaban J connectivity index is 1.66. The second-order valence-electron chi connectivity index (χ2n) is 8.49. The predicted molar refractivity (Wildman–Crippen MR) is 126 cm³/mol. The molecule has 1 atom stereocenters. The van der Waals surface area contributed by atoms with Gasteiger partial charge in [0.1, 0.15) is 11.8 Å². The topological polar surface area (TPSA) is 105 Å². The highest BCUT2D eigenvalue weighted by Crippen LogP contribution is 2.35. The standard InChI is InChI=1S/C24H28F3N3O5S/c1-16(31)28-21(15-17-6-5-7-19(14-17)35-2)23(32)29-18-10-12-30(13-11-18)36(33,34)22-9-4-3-8-20(22)24(25,26)27/h3-9,14,18,21H,10-13,15H2,1-2H3,(H,28,31)(H,29,32)/t21-/m1/s1. The molecule has 12 heteroatoms. The van der Waals surface area contributed by atoms with Crippen molar-refractivity contribution in [2.45, 2.75) is 49.3 Å². The second kappa shape index (κ2) is 11.3. The Kier molecular flexibility index (Phi) is 8.62. The SMILES string of the molecule is COc1cccc(C[C@@H](NC(C)=O)C(=O)NC2CCN(S(=O)(=O)c3ccccc3C(F)(F)F)CC2)c1. The first kappa shape index (κ1) is 27.5. The summed E-state index contributed by atoms with van der Waals surface area (Å²) in [5.41, 5.74) is -0.441. The van der Waals surface area contributed by atoms with Crippen LogP contribution in [0.2, 0.25) is 0 Å². The van der Waals surface area contributed by atoms with E-state index in [4.69, 9.17) is 4.74 Å². The molecule has 2 amide bonds. The first-order valence-corrected chi connectivity index (χ1v) is 12.7. The minimum absolute atomic E-state index is 0.0554. The van der Waals surface area contributed by atoms with E-state index in [1.807, 2.05) is 0 Å². The molecule has 36 heavy (non-hydrogen) atoms. The zero-order valence-corrected chi connectivity index (χ0v) is 20.7. The van der Waals surface area contributed by atoms with Crippen LogP contribution in [0, 0.1) is 0 Å². The summed E-state index contributed by atoms with van der Waals surface area (Å²) in [6, 6.07) is 9.89. The molecule has 1 aliphatic heterocycles. The molecular weight excluding hydrogens is 499 g/mol. The summed E-state index contributed by atoms with van der Waals surface area (Å²) in [6.07, 6.45) is -4.17. The van der Waals surface area contributed by atoms with Crippen LogP contribution in [-0.2, 0) is 32.2 Å². The number of ether oxygens (including phenoxy) is 1. The van der Waals surface area contributed by atoms with Crippen molar-refractivity contribution in [1.82, 2.24) is 14.9 Å². The van der Waals surface area contributed by atoms with E-state index in [-0.39, 0.29) is 38.3 Å². The Labute approximate surface area is 207 Å². The highest BCUT2D eigenvalue weighted by molar-refractivity contribution is 7.89. The van der Waals surface area contributed by atoms with Gasteiger partial charge in [0.05, 0.1) is 17.6 Å². The molecule has 2 aromatic rings. The summed E-state index contributed by atoms with van der Waals surface area (Å²) in [5.74, 6) is -0.214. The summed E-state index contributed by atoms with van der Waals surface area (Å²) >= 11 is 0. The fourth-order valence-electron chi connectivity index (χ4n) is 4.10. The van der Waals surface area contributed by atoms with E-state index in [9.17, 15) is 31.2 Å². The molecule has 0 radical (unpaired) electrons. The van der Waals surface area contributed by atoms with Crippen molar-refractivity contribution in [3.63, 3.8) is 0 Å². The molecule has 3 rings (SSSR count).